The van der Waals surface area contributed by atoms with Crippen molar-refractivity contribution in [2.75, 3.05) is 45.9 Å². The van der Waals surface area contributed by atoms with Gasteiger partial charge in [0.2, 0.25) is 10.0 Å². The molecule has 180 valence electrons. The van der Waals surface area contributed by atoms with Gasteiger partial charge in [-0.05, 0) is 43.0 Å². The molecule has 2 atom stereocenters. The van der Waals surface area contributed by atoms with Crippen molar-refractivity contribution in [2.24, 2.45) is 5.92 Å². The molecule has 0 aromatic heterocycles. The summed E-state index contributed by atoms with van der Waals surface area (Å²) in [6.45, 7) is 7.21. The molecule has 10 heteroatoms. The zero-order valence-electron chi connectivity index (χ0n) is 18.8. The molecule has 0 bridgehead atoms. The fraction of sp³-hybridized carbons (Fsp3) is 0.682. The number of carbonyl (C=O) groups excluding carboxylic acids is 1. The highest BCUT2D eigenvalue weighted by Crippen LogP contribution is 2.34. The standard InChI is InChI=1S/C22H34ClN3O5S/c1-17(2)21-5-3-4-19(26(21)32(29,30)20-8-6-18(23)7-9-20)16-31-22(28)25-12-10-24(11-13-25)14-15-27/h6-9,17,19,21,27H,3-5,10-16H2,1-2H3/t19-,21+/m1/s1. The molecule has 1 aromatic carbocycles. The minimum absolute atomic E-state index is 0.0335. The van der Waals surface area contributed by atoms with Crippen molar-refractivity contribution in [3.63, 3.8) is 0 Å². The average molecular weight is 488 g/mol. The van der Waals surface area contributed by atoms with Gasteiger partial charge in [-0.1, -0.05) is 31.9 Å². The van der Waals surface area contributed by atoms with Crippen LogP contribution in [0, 0.1) is 5.92 Å². The topological polar surface area (TPSA) is 90.4 Å². The molecule has 2 aliphatic rings. The molecule has 0 saturated carbocycles. The maximum Gasteiger partial charge on any atom is 0.409 e. The number of hydrogen-bond acceptors (Lipinski definition) is 6. The third-order valence-corrected chi connectivity index (χ3v) is 8.57. The Morgan fingerprint density at radius 1 is 1.16 bits per heavy atom. The van der Waals surface area contributed by atoms with E-state index in [1.165, 1.54) is 12.1 Å². The molecule has 2 fully saturated rings. The molecule has 32 heavy (non-hydrogen) atoms. The van der Waals surface area contributed by atoms with Crippen LogP contribution in [0.3, 0.4) is 0 Å². The van der Waals surface area contributed by atoms with Crippen molar-refractivity contribution < 1.29 is 23.1 Å². The van der Waals surface area contributed by atoms with Crippen LogP contribution in [0.5, 0.6) is 0 Å². The van der Waals surface area contributed by atoms with Crippen LogP contribution in [-0.2, 0) is 14.8 Å². The first-order valence-electron chi connectivity index (χ1n) is 11.3. The van der Waals surface area contributed by atoms with E-state index in [9.17, 15) is 13.2 Å². The number of aliphatic hydroxyl groups is 1. The lowest BCUT2D eigenvalue weighted by molar-refractivity contribution is 0.0417. The van der Waals surface area contributed by atoms with Gasteiger partial charge in [-0.2, -0.15) is 4.31 Å². The Balaban J connectivity index is 1.71. The summed E-state index contributed by atoms with van der Waals surface area (Å²) in [5, 5.41) is 9.54. The minimum Gasteiger partial charge on any atom is -0.448 e. The van der Waals surface area contributed by atoms with E-state index >= 15 is 0 Å². The quantitative estimate of drug-likeness (QED) is 0.636. The van der Waals surface area contributed by atoms with Gasteiger partial charge in [0.15, 0.2) is 0 Å². The number of sulfonamides is 1. The van der Waals surface area contributed by atoms with Gasteiger partial charge < -0.3 is 14.7 Å². The monoisotopic (exact) mass is 487 g/mol. The summed E-state index contributed by atoms with van der Waals surface area (Å²) >= 11 is 5.95. The number of nitrogens with zero attached hydrogens (tertiary/aromatic N) is 3. The van der Waals surface area contributed by atoms with Crippen molar-refractivity contribution in [3.05, 3.63) is 29.3 Å². The van der Waals surface area contributed by atoms with Gasteiger partial charge in [-0.25, -0.2) is 13.2 Å². The third-order valence-electron chi connectivity index (χ3n) is 6.33. The highest BCUT2D eigenvalue weighted by atomic mass is 35.5. The molecule has 2 aliphatic heterocycles. The summed E-state index contributed by atoms with van der Waals surface area (Å²) < 4.78 is 34.3. The normalized spacial score (nSPS) is 23.5. The smallest absolute Gasteiger partial charge is 0.409 e. The van der Waals surface area contributed by atoms with Gasteiger partial charge in [0.05, 0.1) is 17.5 Å². The van der Waals surface area contributed by atoms with Crippen LogP contribution >= 0.6 is 11.6 Å². The number of piperidine rings is 1. The van der Waals surface area contributed by atoms with Crippen LogP contribution in [-0.4, -0.2) is 91.7 Å². The Labute approximate surface area is 196 Å². The summed E-state index contributed by atoms with van der Waals surface area (Å²) in [6.07, 6.45) is 1.90. The number of β-amino-alcohol motifs (C(OH)–C–C–N with tert-alkyl or cyclic N) is 1. The first-order chi connectivity index (χ1) is 15.2. The van der Waals surface area contributed by atoms with Crippen LogP contribution in [0.25, 0.3) is 0 Å². The summed E-state index contributed by atoms with van der Waals surface area (Å²) in [4.78, 5) is 16.6. The van der Waals surface area contributed by atoms with Gasteiger partial charge in [0.25, 0.3) is 0 Å². The Morgan fingerprint density at radius 3 is 2.41 bits per heavy atom. The molecule has 2 heterocycles. The highest BCUT2D eigenvalue weighted by Gasteiger charge is 2.41. The van der Waals surface area contributed by atoms with Gasteiger partial charge in [-0.15, -0.1) is 0 Å². The van der Waals surface area contributed by atoms with E-state index in [2.05, 4.69) is 4.90 Å². The summed E-state index contributed by atoms with van der Waals surface area (Å²) in [5.41, 5.74) is 0. The molecular weight excluding hydrogens is 454 g/mol. The van der Waals surface area contributed by atoms with Crippen LogP contribution in [0.15, 0.2) is 29.2 Å². The SMILES string of the molecule is CC(C)[C@@H]1CCC[C@H](COC(=O)N2CCN(CCO)CC2)N1S(=O)(=O)c1ccc(Cl)cc1. The van der Waals surface area contributed by atoms with E-state index in [1.807, 2.05) is 13.8 Å². The number of aliphatic hydroxyl groups excluding tert-OH is 1. The summed E-state index contributed by atoms with van der Waals surface area (Å²) in [6, 6.07) is 5.64. The highest BCUT2D eigenvalue weighted by molar-refractivity contribution is 7.89. The average Bonchev–Trinajstić information content (AvgIpc) is 2.78. The van der Waals surface area contributed by atoms with E-state index in [-0.39, 0.29) is 30.1 Å². The van der Waals surface area contributed by atoms with Gasteiger partial charge in [0, 0.05) is 43.8 Å². The van der Waals surface area contributed by atoms with Crippen molar-refractivity contribution in [1.29, 1.82) is 0 Å². The van der Waals surface area contributed by atoms with E-state index in [0.29, 0.717) is 44.2 Å². The van der Waals surface area contributed by atoms with E-state index in [1.54, 1.807) is 21.3 Å². The van der Waals surface area contributed by atoms with Crippen LogP contribution in [0.4, 0.5) is 4.79 Å². The Kier molecular flexibility index (Phi) is 8.80. The number of carbonyl (C=O) groups is 1. The Morgan fingerprint density at radius 2 is 1.81 bits per heavy atom. The zero-order chi connectivity index (χ0) is 23.3. The fourth-order valence-electron chi connectivity index (χ4n) is 4.53. The van der Waals surface area contributed by atoms with Crippen molar-refractivity contribution in [1.82, 2.24) is 14.1 Å². The van der Waals surface area contributed by atoms with Crippen LogP contribution in [0.2, 0.25) is 5.02 Å². The number of amides is 1. The summed E-state index contributed by atoms with van der Waals surface area (Å²) in [7, 11) is -3.77. The second kappa shape index (κ2) is 11.2. The number of hydrogen-bond donors (Lipinski definition) is 1. The van der Waals surface area contributed by atoms with Gasteiger partial charge in [-0.3, -0.25) is 4.90 Å². The van der Waals surface area contributed by atoms with Crippen LogP contribution in [0.1, 0.15) is 33.1 Å². The lowest BCUT2D eigenvalue weighted by Crippen LogP contribution is -2.54. The number of piperazine rings is 1. The first kappa shape index (κ1) is 25.2. The molecule has 0 spiro atoms. The van der Waals surface area contributed by atoms with E-state index in [0.717, 1.165) is 12.8 Å². The van der Waals surface area contributed by atoms with E-state index < -0.39 is 22.2 Å². The maximum absolute atomic E-state index is 13.6. The van der Waals surface area contributed by atoms with Gasteiger partial charge >= 0.3 is 6.09 Å². The molecule has 1 amide bonds. The van der Waals surface area contributed by atoms with Gasteiger partial charge in [0.1, 0.15) is 6.61 Å². The fourth-order valence-corrected chi connectivity index (χ4v) is 6.64. The largest absolute Gasteiger partial charge is 0.448 e. The Bertz CT molecular complexity index is 857. The first-order valence-corrected chi connectivity index (χ1v) is 13.1. The lowest BCUT2D eigenvalue weighted by Gasteiger charge is -2.42. The number of halogens is 1. The van der Waals surface area contributed by atoms with Crippen molar-refractivity contribution >= 4 is 27.7 Å². The number of ether oxygens (including phenoxy) is 1. The number of rotatable bonds is 7. The second-order valence-electron chi connectivity index (χ2n) is 8.81. The molecule has 1 aromatic rings. The zero-order valence-corrected chi connectivity index (χ0v) is 20.4. The minimum atomic E-state index is -3.77. The molecular formula is C22H34ClN3O5S. The van der Waals surface area contributed by atoms with Crippen molar-refractivity contribution in [3.8, 4) is 0 Å². The molecule has 3 rings (SSSR count). The van der Waals surface area contributed by atoms with Crippen LogP contribution < -0.4 is 0 Å². The molecule has 2 saturated heterocycles. The Hall–Kier alpha value is -1.39. The molecule has 0 unspecified atom stereocenters. The predicted octanol–water partition coefficient (Wildman–Crippen LogP) is 2.65. The second-order valence-corrected chi connectivity index (χ2v) is 11.1. The molecule has 1 N–H and O–H groups in total. The molecule has 8 nitrogen and oxygen atoms in total. The molecule has 0 radical (unpaired) electrons. The lowest BCUT2D eigenvalue weighted by atomic mass is 9.91. The van der Waals surface area contributed by atoms with E-state index in [4.69, 9.17) is 21.4 Å². The summed E-state index contributed by atoms with van der Waals surface area (Å²) in [5.74, 6) is 0.134. The molecule has 0 aliphatic carbocycles. The predicted molar refractivity (Wildman–Crippen MR) is 123 cm³/mol. The van der Waals surface area contributed by atoms with Crippen molar-refractivity contribution in [2.45, 2.75) is 50.1 Å². The number of benzene rings is 1. The maximum atomic E-state index is 13.6. The third kappa shape index (κ3) is 5.94.